The first-order valence-corrected chi connectivity index (χ1v) is 11.3. The largest absolute Gasteiger partial charge is 0.492 e. The van der Waals surface area contributed by atoms with Crippen molar-refractivity contribution < 1.29 is 14.3 Å². The van der Waals surface area contributed by atoms with Crippen molar-refractivity contribution >= 4 is 16.8 Å². The van der Waals surface area contributed by atoms with Gasteiger partial charge in [-0.3, -0.25) is 14.4 Å². The number of nitrogens with one attached hydrogen (secondary N) is 1. The van der Waals surface area contributed by atoms with Gasteiger partial charge in [-0.25, -0.2) is 0 Å². The zero-order chi connectivity index (χ0) is 22.6. The summed E-state index contributed by atoms with van der Waals surface area (Å²) < 4.78 is 13.6. The number of carbonyl (C=O) groups excluding carboxylic acids is 1. The number of fused-ring (bicyclic) bond motifs is 1. The summed E-state index contributed by atoms with van der Waals surface area (Å²) in [5.41, 5.74) is 1.15. The van der Waals surface area contributed by atoms with Crippen molar-refractivity contribution in [2.45, 2.75) is 38.8 Å². The predicted octanol–water partition coefficient (Wildman–Crippen LogP) is 3.52. The SMILES string of the molecule is Cn1nc(OC(C)(C)C(=O)NCCOc2ccccc2)c2cc(CN3CCCC3)ccc21. The third-order valence-corrected chi connectivity index (χ3v) is 5.78. The molecule has 0 radical (unpaired) electrons. The molecular weight excluding hydrogens is 404 g/mol. The second kappa shape index (κ2) is 9.61. The molecule has 1 aromatic heterocycles. The summed E-state index contributed by atoms with van der Waals surface area (Å²) in [7, 11) is 1.89. The van der Waals surface area contributed by atoms with Crippen molar-refractivity contribution in [2.24, 2.45) is 7.05 Å². The Morgan fingerprint density at radius 2 is 1.88 bits per heavy atom. The summed E-state index contributed by atoms with van der Waals surface area (Å²) >= 11 is 0. The lowest BCUT2D eigenvalue weighted by atomic mass is 10.1. The maximum absolute atomic E-state index is 12.8. The Balaban J connectivity index is 1.39. The van der Waals surface area contributed by atoms with Crippen LogP contribution in [-0.2, 0) is 18.4 Å². The minimum atomic E-state index is -1.07. The number of hydrogen-bond donors (Lipinski definition) is 1. The molecule has 3 aromatic rings. The zero-order valence-corrected chi connectivity index (χ0v) is 19.1. The van der Waals surface area contributed by atoms with E-state index in [0.29, 0.717) is 19.0 Å². The molecule has 32 heavy (non-hydrogen) atoms. The third kappa shape index (κ3) is 5.22. The quantitative estimate of drug-likeness (QED) is 0.520. The fourth-order valence-corrected chi connectivity index (χ4v) is 4.00. The molecule has 1 aliphatic heterocycles. The lowest BCUT2D eigenvalue weighted by Gasteiger charge is -2.24. The molecule has 0 unspecified atom stereocenters. The molecule has 0 bridgehead atoms. The third-order valence-electron chi connectivity index (χ3n) is 5.78. The number of ether oxygens (including phenoxy) is 2. The first kappa shape index (κ1) is 22.1. The van der Waals surface area contributed by atoms with Crippen LogP contribution in [0.25, 0.3) is 10.9 Å². The summed E-state index contributed by atoms with van der Waals surface area (Å²) in [6, 6.07) is 15.9. The van der Waals surface area contributed by atoms with Gasteiger partial charge in [-0.2, -0.15) is 0 Å². The highest BCUT2D eigenvalue weighted by Gasteiger charge is 2.31. The Bertz CT molecular complexity index is 1060. The van der Waals surface area contributed by atoms with Gasteiger partial charge < -0.3 is 14.8 Å². The molecule has 7 heteroatoms. The molecule has 2 aromatic carbocycles. The summed E-state index contributed by atoms with van der Waals surface area (Å²) in [5, 5.41) is 8.37. The number of hydrogen-bond acceptors (Lipinski definition) is 5. The number of carbonyl (C=O) groups is 1. The van der Waals surface area contributed by atoms with Gasteiger partial charge in [0.15, 0.2) is 5.60 Å². The summed E-state index contributed by atoms with van der Waals surface area (Å²) in [6.07, 6.45) is 2.53. The van der Waals surface area contributed by atoms with E-state index in [4.69, 9.17) is 9.47 Å². The van der Waals surface area contributed by atoms with Crippen molar-refractivity contribution in [2.75, 3.05) is 26.2 Å². The highest BCUT2D eigenvalue weighted by molar-refractivity contribution is 5.88. The lowest BCUT2D eigenvalue weighted by Crippen LogP contribution is -2.47. The van der Waals surface area contributed by atoms with Crippen molar-refractivity contribution in [3.05, 3.63) is 54.1 Å². The Kier molecular flexibility index (Phi) is 6.65. The van der Waals surface area contributed by atoms with E-state index >= 15 is 0 Å². The fourth-order valence-electron chi connectivity index (χ4n) is 4.00. The summed E-state index contributed by atoms with van der Waals surface area (Å²) in [4.78, 5) is 15.3. The van der Waals surface area contributed by atoms with E-state index in [1.165, 1.54) is 18.4 Å². The minimum absolute atomic E-state index is 0.207. The molecule has 1 fully saturated rings. The van der Waals surface area contributed by atoms with E-state index in [2.05, 4.69) is 33.5 Å². The van der Waals surface area contributed by atoms with E-state index in [-0.39, 0.29) is 5.91 Å². The second-order valence-corrected chi connectivity index (χ2v) is 8.79. The van der Waals surface area contributed by atoms with Crippen LogP contribution in [0.4, 0.5) is 0 Å². The van der Waals surface area contributed by atoms with E-state index < -0.39 is 5.60 Å². The Labute approximate surface area is 189 Å². The molecular formula is C25H32N4O3. The summed E-state index contributed by atoms with van der Waals surface area (Å²) in [5.74, 6) is 1.05. The van der Waals surface area contributed by atoms with E-state index in [9.17, 15) is 4.79 Å². The number of likely N-dealkylation sites (tertiary alicyclic amines) is 1. The van der Waals surface area contributed by atoms with Crippen molar-refractivity contribution in [1.29, 1.82) is 0 Å². The van der Waals surface area contributed by atoms with Crippen molar-refractivity contribution in [3.63, 3.8) is 0 Å². The van der Waals surface area contributed by atoms with Gasteiger partial charge in [-0.15, -0.1) is 5.10 Å². The van der Waals surface area contributed by atoms with Gasteiger partial charge in [-0.1, -0.05) is 24.3 Å². The van der Waals surface area contributed by atoms with Gasteiger partial charge in [0.05, 0.1) is 17.4 Å². The monoisotopic (exact) mass is 436 g/mol. The van der Waals surface area contributed by atoms with Gasteiger partial charge in [0.2, 0.25) is 5.88 Å². The molecule has 0 atom stereocenters. The molecule has 1 saturated heterocycles. The molecule has 1 aliphatic rings. The number of aryl methyl sites for hydroxylation is 1. The fraction of sp³-hybridized carbons (Fsp3) is 0.440. The van der Waals surface area contributed by atoms with Crippen LogP contribution in [0.2, 0.25) is 0 Å². The van der Waals surface area contributed by atoms with Crippen LogP contribution in [0.15, 0.2) is 48.5 Å². The maximum atomic E-state index is 12.8. The predicted molar refractivity (Wildman–Crippen MR) is 125 cm³/mol. The smallest absolute Gasteiger partial charge is 0.263 e. The molecule has 170 valence electrons. The zero-order valence-electron chi connectivity index (χ0n) is 19.1. The van der Waals surface area contributed by atoms with Crippen LogP contribution in [0.1, 0.15) is 32.3 Å². The van der Waals surface area contributed by atoms with Crippen LogP contribution < -0.4 is 14.8 Å². The summed E-state index contributed by atoms with van der Waals surface area (Å²) in [6.45, 7) is 7.52. The van der Waals surface area contributed by atoms with Crippen molar-refractivity contribution in [3.8, 4) is 11.6 Å². The highest BCUT2D eigenvalue weighted by Crippen LogP contribution is 2.29. The van der Waals surface area contributed by atoms with Gasteiger partial charge in [-0.05, 0) is 69.6 Å². The Morgan fingerprint density at radius 3 is 2.62 bits per heavy atom. The number of nitrogens with zero attached hydrogens (tertiary/aromatic N) is 3. The number of aromatic nitrogens is 2. The standard InChI is InChI=1S/C25H32N4O3/c1-25(2,24(30)26-13-16-31-20-9-5-4-6-10-20)32-23-21-17-19(18-29-14-7-8-15-29)11-12-22(21)28(3)27-23/h4-6,9-12,17H,7-8,13-16,18H2,1-3H3,(H,26,30). The number of benzene rings is 2. The van der Waals surface area contributed by atoms with Gasteiger partial charge in [0.1, 0.15) is 12.4 Å². The second-order valence-electron chi connectivity index (χ2n) is 8.79. The van der Waals surface area contributed by atoms with E-state index in [0.717, 1.165) is 36.3 Å². The highest BCUT2D eigenvalue weighted by atomic mass is 16.5. The van der Waals surface area contributed by atoms with Crippen molar-refractivity contribution in [1.82, 2.24) is 20.0 Å². The number of rotatable bonds is 9. The Hall–Kier alpha value is -3.06. The number of amides is 1. The van der Waals surface area contributed by atoms with Gasteiger partial charge in [0.25, 0.3) is 5.91 Å². The normalized spacial score (nSPS) is 14.6. The first-order chi connectivity index (χ1) is 15.4. The molecule has 0 spiro atoms. The first-order valence-electron chi connectivity index (χ1n) is 11.3. The van der Waals surface area contributed by atoms with Gasteiger partial charge in [0, 0.05) is 13.6 Å². The lowest BCUT2D eigenvalue weighted by molar-refractivity contribution is -0.134. The van der Waals surface area contributed by atoms with Crippen LogP contribution in [0.3, 0.4) is 0 Å². The molecule has 0 aliphatic carbocycles. The average molecular weight is 437 g/mol. The van der Waals surface area contributed by atoms with Gasteiger partial charge >= 0.3 is 0 Å². The molecule has 1 N–H and O–H groups in total. The average Bonchev–Trinajstić information content (AvgIpc) is 3.39. The van der Waals surface area contributed by atoms with Crippen LogP contribution in [0.5, 0.6) is 11.6 Å². The minimum Gasteiger partial charge on any atom is -0.492 e. The van der Waals surface area contributed by atoms with E-state index in [1.807, 2.05) is 37.4 Å². The van der Waals surface area contributed by atoms with Crippen LogP contribution in [0, 0.1) is 0 Å². The number of para-hydroxylation sites is 1. The molecule has 4 rings (SSSR count). The molecule has 7 nitrogen and oxygen atoms in total. The molecule has 1 amide bonds. The maximum Gasteiger partial charge on any atom is 0.263 e. The van der Waals surface area contributed by atoms with Crippen LogP contribution in [-0.4, -0.2) is 52.4 Å². The van der Waals surface area contributed by atoms with Crippen LogP contribution >= 0.6 is 0 Å². The molecule has 2 heterocycles. The van der Waals surface area contributed by atoms with E-state index in [1.54, 1.807) is 18.5 Å². The Morgan fingerprint density at radius 1 is 1.12 bits per heavy atom. The topological polar surface area (TPSA) is 68.6 Å². The molecule has 0 saturated carbocycles.